The van der Waals surface area contributed by atoms with Crippen molar-refractivity contribution in [3.8, 4) is 5.88 Å². The monoisotopic (exact) mass is 481 g/mol. The van der Waals surface area contributed by atoms with Crippen LogP contribution in [0.5, 0.6) is 5.88 Å². The highest BCUT2D eigenvalue weighted by Gasteiger charge is 2.15. The van der Waals surface area contributed by atoms with Crippen molar-refractivity contribution in [1.82, 2.24) is 20.6 Å². The third kappa shape index (κ3) is 7.32. The second-order valence-electron chi connectivity index (χ2n) is 6.48. The van der Waals surface area contributed by atoms with Crippen LogP contribution in [-0.4, -0.2) is 29.1 Å². The largest absolute Gasteiger partial charge is 0.474 e. The Labute approximate surface area is 178 Å². The summed E-state index contributed by atoms with van der Waals surface area (Å²) in [4.78, 5) is 13.0. The molecule has 27 heavy (non-hydrogen) atoms. The molecule has 146 valence electrons. The Morgan fingerprint density at radius 3 is 2.56 bits per heavy atom. The van der Waals surface area contributed by atoms with Gasteiger partial charge in [0.2, 0.25) is 5.88 Å². The van der Waals surface area contributed by atoms with E-state index in [9.17, 15) is 0 Å². The first-order chi connectivity index (χ1) is 12.8. The predicted octanol–water partition coefficient (Wildman–Crippen LogP) is 3.67. The van der Waals surface area contributed by atoms with Crippen molar-refractivity contribution >= 4 is 29.9 Å². The molecule has 1 saturated carbocycles. The lowest BCUT2D eigenvalue weighted by Gasteiger charge is -2.22. The van der Waals surface area contributed by atoms with Crippen molar-refractivity contribution in [3.63, 3.8) is 0 Å². The van der Waals surface area contributed by atoms with E-state index < -0.39 is 0 Å². The van der Waals surface area contributed by atoms with Crippen LogP contribution in [-0.2, 0) is 13.1 Å². The van der Waals surface area contributed by atoms with Crippen LogP contribution in [0, 0.1) is 0 Å². The maximum absolute atomic E-state index is 5.97. The van der Waals surface area contributed by atoms with Gasteiger partial charge in [0.15, 0.2) is 5.96 Å². The molecule has 0 bridgehead atoms. The molecule has 2 aromatic heterocycles. The van der Waals surface area contributed by atoms with Crippen molar-refractivity contribution in [3.05, 3.63) is 54.0 Å². The summed E-state index contributed by atoms with van der Waals surface area (Å²) in [6, 6.07) is 9.86. The van der Waals surface area contributed by atoms with E-state index in [1.165, 1.54) is 19.3 Å². The Balaban J connectivity index is 0.00000261. The molecular formula is C20H28IN5O. The first-order valence-electron chi connectivity index (χ1n) is 9.29. The van der Waals surface area contributed by atoms with Gasteiger partial charge in [0, 0.05) is 32.1 Å². The highest BCUT2D eigenvalue weighted by atomic mass is 127. The van der Waals surface area contributed by atoms with Crippen LogP contribution in [0.4, 0.5) is 0 Å². The first kappa shape index (κ1) is 21.4. The predicted molar refractivity (Wildman–Crippen MR) is 118 cm³/mol. The minimum atomic E-state index is 0. The number of ether oxygens (including phenoxy) is 1. The molecule has 2 heterocycles. The summed E-state index contributed by atoms with van der Waals surface area (Å²) in [6.45, 7) is 1.28. The second kappa shape index (κ2) is 11.7. The number of guanidine groups is 1. The average molecular weight is 481 g/mol. The zero-order valence-electron chi connectivity index (χ0n) is 15.7. The zero-order chi connectivity index (χ0) is 18.0. The lowest BCUT2D eigenvalue weighted by atomic mass is 9.98. The Kier molecular flexibility index (Phi) is 9.30. The molecule has 0 aliphatic heterocycles. The molecule has 7 heteroatoms. The number of halogens is 1. The van der Waals surface area contributed by atoms with Crippen LogP contribution >= 0.6 is 24.0 Å². The molecule has 0 saturated heterocycles. The molecule has 2 aromatic rings. The molecule has 6 nitrogen and oxygen atoms in total. The average Bonchev–Trinajstić information content (AvgIpc) is 2.71. The van der Waals surface area contributed by atoms with Gasteiger partial charge in [-0.25, -0.2) is 4.98 Å². The number of aliphatic imine (C=N–C) groups is 1. The smallest absolute Gasteiger partial charge is 0.213 e. The summed E-state index contributed by atoms with van der Waals surface area (Å²) in [5, 5.41) is 6.54. The minimum absolute atomic E-state index is 0. The van der Waals surface area contributed by atoms with Gasteiger partial charge in [-0.3, -0.25) is 9.98 Å². The van der Waals surface area contributed by atoms with Gasteiger partial charge >= 0.3 is 0 Å². The summed E-state index contributed by atoms with van der Waals surface area (Å²) in [6.07, 6.45) is 10.1. The van der Waals surface area contributed by atoms with Gasteiger partial charge in [0.25, 0.3) is 0 Å². The Bertz CT molecular complexity index is 687. The molecule has 3 rings (SSSR count). The fraction of sp³-hybridized carbons (Fsp3) is 0.450. The number of pyridine rings is 2. The third-order valence-electron chi connectivity index (χ3n) is 4.48. The van der Waals surface area contributed by atoms with Gasteiger partial charge in [-0.15, -0.1) is 24.0 Å². The van der Waals surface area contributed by atoms with Crippen molar-refractivity contribution in [1.29, 1.82) is 0 Å². The van der Waals surface area contributed by atoms with Crippen LogP contribution in [0.2, 0.25) is 0 Å². The lowest BCUT2D eigenvalue weighted by Crippen LogP contribution is -2.36. The van der Waals surface area contributed by atoms with Gasteiger partial charge in [0.05, 0.1) is 12.2 Å². The number of hydrogen-bond acceptors (Lipinski definition) is 4. The van der Waals surface area contributed by atoms with E-state index in [4.69, 9.17) is 4.74 Å². The Morgan fingerprint density at radius 1 is 1.07 bits per heavy atom. The summed E-state index contributed by atoms with van der Waals surface area (Å²) < 4.78 is 5.97. The fourth-order valence-electron chi connectivity index (χ4n) is 3.02. The van der Waals surface area contributed by atoms with Crippen molar-refractivity contribution in [2.75, 3.05) is 7.05 Å². The van der Waals surface area contributed by atoms with E-state index >= 15 is 0 Å². The molecule has 0 aromatic carbocycles. The second-order valence-corrected chi connectivity index (χ2v) is 6.48. The van der Waals surface area contributed by atoms with E-state index in [2.05, 4.69) is 25.6 Å². The molecule has 0 radical (unpaired) electrons. The zero-order valence-corrected chi connectivity index (χ0v) is 18.1. The maximum Gasteiger partial charge on any atom is 0.213 e. The van der Waals surface area contributed by atoms with Crippen molar-refractivity contribution in [2.24, 2.45) is 4.99 Å². The van der Waals surface area contributed by atoms with E-state index in [1.54, 1.807) is 13.2 Å². The maximum atomic E-state index is 5.97. The van der Waals surface area contributed by atoms with Crippen LogP contribution in [0.3, 0.4) is 0 Å². The van der Waals surface area contributed by atoms with Gasteiger partial charge in [-0.1, -0.05) is 18.6 Å². The van der Waals surface area contributed by atoms with Gasteiger partial charge in [-0.2, -0.15) is 0 Å². The van der Waals surface area contributed by atoms with Crippen LogP contribution in [0.25, 0.3) is 0 Å². The summed E-state index contributed by atoms with van der Waals surface area (Å²) in [5.41, 5.74) is 2.06. The summed E-state index contributed by atoms with van der Waals surface area (Å²) >= 11 is 0. The molecule has 0 amide bonds. The molecular weight excluding hydrogens is 453 g/mol. The molecule has 1 aliphatic carbocycles. The summed E-state index contributed by atoms with van der Waals surface area (Å²) in [5.74, 6) is 1.46. The van der Waals surface area contributed by atoms with E-state index in [1.807, 2.05) is 36.5 Å². The van der Waals surface area contributed by atoms with E-state index in [0.29, 0.717) is 19.2 Å². The fourth-order valence-corrected chi connectivity index (χ4v) is 3.02. The molecule has 0 spiro atoms. The van der Waals surface area contributed by atoms with Gasteiger partial charge in [0.1, 0.15) is 6.10 Å². The SMILES string of the molecule is CN=C(NCc1ccc(OC2CCCCC2)nc1)NCc1ccccn1.I. The Morgan fingerprint density at radius 2 is 1.89 bits per heavy atom. The van der Waals surface area contributed by atoms with Crippen molar-refractivity contribution in [2.45, 2.75) is 51.3 Å². The number of rotatable bonds is 6. The molecule has 0 unspecified atom stereocenters. The van der Waals surface area contributed by atoms with Gasteiger partial charge in [-0.05, 0) is 43.4 Å². The third-order valence-corrected chi connectivity index (χ3v) is 4.48. The number of nitrogens with one attached hydrogen (secondary N) is 2. The quantitative estimate of drug-likeness (QED) is 0.374. The number of nitrogens with zero attached hydrogens (tertiary/aromatic N) is 3. The Hall–Kier alpha value is -1.90. The van der Waals surface area contributed by atoms with Gasteiger partial charge < -0.3 is 15.4 Å². The van der Waals surface area contributed by atoms with E-state index in [-0.39, 0.29) is 24.0 Å². The van der Waals surface area contributed by atoms with Crippen LogP contribution in [0.1, 0.15) is 43.4 Å². The normalized spacial score (nSPS) is 14.9. The molecule has 0 atom stereocenters. The molecule has 1 aliphatic rings. The topological polar surface area (TPSA) is 71.4 Å². The lowest BCUT2D eigenvalue weighted by molar-refractivity contribution is 0.148. The summed E-state index contributed by atoms with van der Waals surface area (Å²) in [7, 11) is 1.76. The number of aromatic nitrogens is 2. The minimum Gasteiger partial charge on any atom is -0.474 e. The highest BCUT2D eigenvalue weighted by molar-refractivity contribution is 14.0. The molecule has 2 N–H and O–H groups in total. The van der Waals surface area contributed by atoms with Crippen LogP contribution < -0.4 is 15.4 Å². The first-order valence-corrected chi connectivity index (χ1v) is 9.29. The van der Waals surface area contributed by atoms with Crippen LogP contribution in [0.15, 0.2) is 47.7 Å². The standard InChI is InChI=1S/C20H27N5O.HI/c1-21-20(25-15-17-7-5-6-12-22-17)24-14-16-10-11-19(23-13-16)26-18-8-3-2-4-9-18;/h5-7,10-13,18H,2-4,8-9,14-15H2,1H3,(H2,21,24,25);1H. The molecule has 1 fully saturated rings. The number of hydrogen-bond donors (Lipinski definition) is 2. The highest BCUT2D eigenvalue weighted by Crippen LogP contribution is 2.22. The van der Waals surface area contributed by atoms with Crippen molar-refractivity contribution < 1.29 is 4.74 Å². The van der Waals surface area contributed by atoms with E-state index in [0.717, 1.165) is 35.9 Å².